The molecule has 0 bridgehead atoms. The van der Waals surface area contributed by atoms with E-state index in [1.165, 1.54) is 16.5 Å². The summed E-state index contributed by atoms with van der Waals surface area (Å²) in [6.45, 7) is 5.16. The summed E-state index contributed by atoms with van der Waals surface area (Å²) in [5.41, 5.74) is 8.44. The SMILES string of the molecule is CCC(N)CNC(C)c1cccc2[nH]ccc12. The molecule has 2 rings (SSSR count). The minimum Gasteiger partial charge on any atom is -0.361 e. The van der Waals surface area contributed by atoms with E-state index < -0.39 is 0 Å². The molecule has 2 unspecified atom stereocenters. The van der Waals surface area contributed by atoms with Crippen LogP contribution in [0, 0.1) is 0 Å². The van der Waals surface area contributed by atoms with Crippen molar-refractivity contribution in [1.82, 2.24) is 10.3 Å². The molecule has 3 nitrogen and oxygen atoms in total. The zero-order chi connectivity index (χ0) is 12.3. The van der Waals surface area contributed by atoms with Gasteiger partial charge in [0.25, 0.3) is 0 Å². The van der Waals surface area contributed by atoms with E-state index in [9.17, 15) is 0 Å². The molecule has 0 fully saturated rings. The van der Waals surface area contributed by atoms with Gasteiger partial charge in [-0.25, -0.2) is 0 Å². The van der Waals surface area contributed by atoms with Crippen LogP contribution in [0.5, 0.6) is 0 Å². The molecule has 0 aliphatic carbocycles. The number of nitrogens with two attached hydrogens (primary N) is 1. The molecule has 3 heteroatoms. The van der Waals surface area contributed by atoms with Gasteiger partial charge >= 0.3 is 0 Å². The van der Waals surface area contributed by atoms with Gasteiger partial charge in [0.15, 0.2) is 0 Å². The van der Waals surface area contributed by atoms with Gasteiger partial charge in [0.1, 0.15) is 0 Å². The van der Waals surface area contributed by atoms with Crippen molar-refractivity contribution in [3.63, 3.8) is 0 Å². The first-order valence-corrected chi connectivity index (χ1v) is 6.27. The summed E-state index contributed by atoms with van der Waals surface area (Å²) in [5, 5.41) is 4.78. The van der Waals surface area contributed by atoms with Crippen molar-refractivity contribution >= 4 is 10.9 Å². The summed E-state index contributed by atoms with van der Waals surface area (Å²) in [7, 11) is 0. The Morgan fingerprint density at radius 1 is 1.35 bits per heavy atom. The topological polar surface area (TPSA) is 53.8 Å². The third-order valence-electron chi connectivity index (χ3n) is 3.31. The summed E-state index contributed by atoms with van der Waals surface area (Å²) in [4.78, 5) is 3.24. The number of nitrogens with one attached hydrogen (secondary N) is 2. The maximum absolute atomic E-state index is 5.92. The van der Waals surface area contributed by atoms with Crippen LogP contribution in [-0.4, -0.2) is 17.6 Å². The molecular formula is C14H21N3. The molecule has 0 aliphatic heterocycles. The Morgan fingerprint density at radius 2 is 2.18 bits per heavy atom. The number of rotatable bonds is 5. The molecule has 92 valence electrons. The predicted molar refractivity (Wildman–Crippen MR) is 73.0 cm³/mol. The van der Waals surface area contributed by atoms with E-state index in [0.29, 0.717) is 6.04 Å². The van der Waals surface area contributed by atoms with Crippen molar-refractivity contribution in [3.05, 3.63) is 36.0 Å². The van der Waals surface area contributed by atoms with Gasteiger partial charge in [-0.15, -0.1) is 0 Å². The maximum Gasteiger partial charge on any atom is 0.0457 e. The molecule has 2 aromatic rings. The molecule has 0 saturated heterocycles. The number of aromatic amines is 1. The first-order chi connectivity index (χ1) is 8.22. The van der Waals surface area contributed by atoms with E-state index in [1.54, 1.807) is 0 Å². The second-order valence-corrected chi connectivity index (χ2v) is 4.58. The van der Waals surface area contributed by atoms with Crippen molar-refractivity contribution < 1.29 is 0 Å². The van der Waals surface area contributed by atoms with E-state index in [0.717, 1.165) is 13.0 Å². The smallest absolute Gasteiger partial charge is 0.0457 e. The number of benzene rings is 1. The van der Waals surface area contributed by atoms with Crippen LogP contribution in [0.4, 0.5) is 0 Å². The zero-order valence-corrected chi connectivity index (χ0v) is 10.5. The second kappa shape index (κ2) is 5.34. The van der Waals surface area contributed by atoms with Gasteiger partial charge in [-0.2, -0.15) is 0 Å². The normalized spacial score (nSPS) is 15.0. The Balaban J connectivity index is 2.13. The molecule has 0 saturated carbocycles. The first-order valence-electron chi connectivity index (χ1n) is 6.27. The van der Waals surface area contributed by atoms with Crippen molar-refractivity contribution in [2.24, 2.45) is 5.73 Å². The number of H-pyrrole nitrogens is 1. The highest BCUT2D eigenvalue weighted by molar-refractivity contribution is 5.83. The molecule has 0 radical (unpaired) electrons. The molecule has 1 heterocycles. The van der Waals surface area contributed by atoms with Crippen molar-refractivity contribution in [2.45, 2.75) is 32.4 Å². The van der Waals surface area contributed by atoms with E-state index in [1.807, 2.05) is 6.20 Å². The maximum atomic E-state index is 5.92. The van der Waals surface area contributed by atoms with E-state index in [-0.39, 0.29) is 6.04 Å². The standard InChI is InChI=1S/C14H21N3/c1-3-11(15)9-17-10(2)12-5-4-6-14-13(12)7-8-16-14/h4-8,10-11,16-17H,3,9,15H2,1-2H3. The Bertz CT molecular complexity index is 475. The molecule has 4 N–H and O–H groups in total. The van der Waals surface area contributed by atoms with Gasteiger partial charge in [0.05, 0.1) is 0 Å². The van der Waals surface area contributed by atoms with Crippen LogP contribution in [0.15, 0.2) is 30.5 Å². The summed E-state index contributed by atoms with van der Waals surface area (Å²) in [5.74, 6) is 0. The number of hydrogen-bond acceptors (Lipinski definition) is 2. The van der Waals surface area contributed by atoms with Gasteiger partial charge < -0.3 is 16.0 Å². The average molecular weight is 231 g/mol. The second-order valence-electron chi connectivity index (χ2n) is 4.58. The Kier molecular flexibility index (Phi) is 3.82. The van der Waals surface area contributed by atoms with Gasteiger partial charge in [0.2, 0.25) is 0 Å². The molecule has 2 atom stereocenters. The van der Waals surface area contributed by atoms with Crippen LogP contribution < -0.4 is 11.1 Å². The van der Waals surface area contributed by atoms with E-state index in [2.05, 4.69) is 48.4 Å². The third-order valence-corrected chi connectivity index (χ3v) is 3.31. The van der Waals surface area contributed by atoms with Crippen LogP contribution in [0.25, 0.3) is 10.9 Å². The Morgan fingerprint density at radius 3 is 2.94 bits per heavy atom. The Labute approximate surface area is 102 Å². The summed E-state index contributed by atoms with van der Waals surface area (Å²) in [6.07, 6.45) is 2.99. The highest BCUT2D eigenvalue weighted by atomic mass is 14.9. The lowest BCUT2D eigenvalue weighted by Crippen LogP contribution is -2.34. The van der Waals surface area contributed by atoms with Crippen LogP contribution in [0.3, 0.4) is 0 Å². The lowest BCUT2D eigenvalue weighted by Gasteiger charge is -2.18. The lowest BCUT2D eigenvalue weighted by atomic mass is 10.0. The van der Waals surface area contributed by atoms with Gasteiger partial charge in [0, 0.05) is 35.7 Å². The summed E-state index contributed by atoms with van der Waals surface area (Å²) in [6, 6.07) is 9.05. The first kappa shape index (κ1) is 12.1. The number of aromatic nitrogens is 1. The third kappa shape index (κ3) is 2.68. The van der Waals surface area contributed by atoms with Crippen LogP contribution >= 0.6 is 0 Å². The Hall–Kier alpha value is -1.32. The van der Waals surface area contributed by atoms with Crippen molar-refractivity contribution in [1.29, 1.82) is 0 Å². The fourth-order valence-corrected chi connectivity index (χ4v) is 2.07. The zero-order valence-electron chi connectivity index (χ0n) is 10.5. The minimum atomic E-state index is 0.239. The van der Waals surface area contributed by atoms with Crippen LogP contribution in [0.2, 0.25) is 0 Å². The largest absolute Gasteiger partial charge is 0.361 e. The van der Waals surface area contributed by atoms with E-state index in [4.69, 9.17) is 5.73 Å². The molecule has 0 spiro atoms. The molecule has 1 aromatic carbocycles. The molecular weight excluding hydrogens is 210 g/mol. The number of fused-ring (bicyclic) bond motifs is 1. The van der Waals surface area contributed by atoms with Gasteiger partial charge in [-0.3, -0.25) is 0 Å². The highest BCUT2D eigenvalue weighted by Crippen LogP contribution is 2.23. The molecule has 17 heavy (non-hydrogen) atoms. The van der Waals surface area contributed by atoms with Crippen molar-refractivity contribution in [3.8, 4) is 0 Å². The predicted octanol–water partition coefficient (Wildman–Crippen LogP) is 2.56. The average Bonchev–Trinajstić information content (AvgIpc) is 2.83. The summed E-state index contributed by atoms with van der Waals surface area (Å²) >= 11 is 0. The van der Waals surface area contributed by atoms with Crippen LogP contribution in [0.1, 0.15) is 31.9 Å². The lowest BCUT2D eigenvalue weighted by molar-refractivity contribution is 0.510. The number of hydrogen-bond donors (Lipinski definition) is 3. The fourth-order valence-electron chi connectivity index (χ4n) is 2.07. The van der Waals surface area contributed by atoms with Crippen LogP contribution in [-0.2, 0) is 0 Å². The summed E-state index contributed by atoms with van der Waals surface area (Å²) < 4.78 is 0. The monoisotopic (exact) mass is 231 g/mol. The highest BCUT2D eigenvalue weighted by Gasteiger charge is 2.10. The molecule has 1 aromatic heterocycles. The van der Waals surface area contributed by atoms with Gasteiger partial charge in [-0.05, 0) is 31.0 Å². The van der Waals surface area contributed by atoms with E-state index >= 15 is 0 Å². The molecule has 0 amide bonds. The minimum absolute atomic E-state index is 0.239. The van der Waals surface area contributed by atoms with Crippen molar-refractivity contribution in [2.75, 3.05) is 6.54 Å². The quantitative estimate of drug-likeness (QED) is 0.740. The van der Waals surface area contributed by atoms with Gasteiger partial charge in [-0.1, -0.05) is 19.1 Å². The fraction of sp³-hybridized carbons (Fsp3) is 0.429. The molecule has 0 aliphatic rings.